The van der Waals surface area contributed by atoms with Crippen LogP contribution in [-0.4, -0.2) is 34.1 Å². The van der Waals surface area contributed by atoms with Crippen LogP contribution in [0.3, 0.4) is 0 Å². The molecule has 2 rings (SSSR count). The predicted octanol–water partition coefficient (Wildman–Crippen LogP) is 11.6. The van der Waals surface area contributed by atoms with Crippen LogP contribution in [0.25, 0.3) is 0 Å². The van der Waals surface area contributed by atoms with Crippen LogP contribution in [0.2, 0.25) is 0 Å². The van der Waals surface area contributed by atoms with Crippen molar-refractivity contribution < 1.29 is 19.1 Å². The number of ether oxygens (including phenoxy) is 2. The number of nitrogens with zero attached hydrogens (tertiary/aromatic N) is 2. The maximum Gasteiger partial charge on any atom is 0.351 e. The minimum atomic E-state index is -0.473. The minimum Gasteiger partial charge on any atom is -0.463 e. The van der Waals surface area contributed by atoms with Crippen LogP contribution in [0.5, 0.6) is 0 Å². The predicted molar refractivity (Wildman–Crippen MR) is 220 cm³/mol. The van der Waals surface area contributed by atoms with Crippen molar-refractivity contribution in [3.05, 3.63) is 95.7 Å². The number of nitrogens with one attached hydrogen (secondary N) is 1. The van der Waals surface area contributed by atoms with Crippen molar-refractivity contribution in [2.75, 3.05) is 11.9 Å². The quantitative estimate of drug-likeness (QED) is 0.0480. The van der Waals surface area contributed by atoms with Gasteiger partial charge in [-0.3, -0.25) is 14.2 Å². The fraction of sp³-hybridized carbons (Fsp3) is 0.600. The van der Waals surface area contributed by atoms with Gasteiger partial charge in [-0.1, -0.05) is 125 Å². The molecule has 1 aliphatic rings. The van der Waals surface area contributed by atoms with E-state index in [4.69, 9.17) is 9.47 Å². The number of hydrogen-bond donors (Lipinski definition) is 1. The molecule has 294 valence electrons. The summed E-state index contributed by atoms with van der Waals surface area (Å²) in [6.07, 6.45) is 48.6. The van der Waals surface area contributed by atoms with Crippen molar-refractivity contribution in [3.8, 4) is 0 Å². The van der Waals surface area contributed by atoms with E-state index < -0.39 is 11.9 Å². The van der Waals surface area contributed by atoms with Gasteiger partial charge in [0.25, 0.3) is 0 Å². The van der Waals surface area contributed by atoms with E-state index in [-0.39, 0.29) is 30.4 Å². The van der Waals surface area contributed by atoms with Gasteiger partial charge in [0.15, 0.2) is 0 Å². The van der Waals surface area contributed by atoms with E-state index in [9.17, 15) is 14.4 Å². The number of aromatic nitrogens is 2. The van der Waals surface area contributed by atoms with Gasteiger partial charge in [-0.25, -0.2) is 4.79 Å². The highest BCUT2D eigenvalue weighted by atomic mass is 16.6. The molecule has 8 nitrogen and oxygen atoms in total. The number of unbranched alkanes of at least 4 members (excludes halogenated alkanes) is 10. The zero-order chi connectivity index (χ0) is 38.0. The van der Waals surface area contributed by atoms with E-state index in [1.165, 1.54) is 23.8 Å². The summed E-state index contributed by atoms with van der Waals surface area (Å²) in [7, 11) is 0. The third-order valence-electron chi connectivity index (χ3n) is 9.01. The Labute approximate surface area is 320 Å². The molecule has 0 radical (unpaired) electrons. The standard InChI is InChI=1S/C45H69N3O5/c1-3-5-7-9-11-13-15-17-19-21-23-25-27-29-31-33-42(49)46-41-37-38-48(45(51)47-41)43-36-35-40(53-43)39-52-44(50)34-32-30-28-26-24-22-20-18-16-14-12-10-8-6-4-2/h5-8,11-14,17-20,37-38,40,43H,3-4,9-10,15-16,21-36,39H2,1-2H3,(H,46,47,49,51). The van der Waals surface area contributed by atoms with Gasteiger partial charge in [-0.2, -0.15) is 4.98 Å². The Bertz CT molecular complexity index is 1360. The summed E-state index contributed by atoms with van der Waals surface area (Å²) in [6, 6.07) is 1.63. The number of esters is 1. The fourth-order valence-electron chi connectivity index (χ4n) is 5.97. The first kappa shape index (κ1) is 45.4. The number of carbonyl (C=O) groups is 2. The van der Waals surface area contributed by atoms with Gasteiger partial charge in [-0.05, 0) is 96.0 Å². The molecule has 0 aliphatic carbocycles. The van der Waals surface area contributed by atoms with Crippen molar-refractivity contribution >= 4 is 17.7 Å². The van der Waals surface area contributed by atoms with Gasteiger partial charge in [0, 0.05) is 19.0 Å². The van der Waals surface area contributed by atoms with E-state index in [1.54, 1.807) is 12.3 Å². The van der Waals surface area contributed by atoms with Gasteiger partial charge in [0.2, 0.25) is 5.91 Å². The molecule has 1 N–H and O–H groups in total. The summed E-state index contributed by atoms with van der Waals surface area (Å²) in [5, 5.41) is 2.75. The van der Waals surface area contributed by atoms with Crippen molar-refractivity contribution in [1.82, 2.24) is 9.55 Å². The van der Waals surface area contributed by atoms with Gasteiger partial charge >= 0.3 is 11.7 Å². The summed E-state index contributed by atoms with van der Waals surface area (Å²) in [6.45, 7) is 4.48. The normalized spacial score (nSPS) is 16.5. The zero-order valence-corrected chi connectivity index (χ0v) is 32.9. The Hall–Kier alpha value is -3.78. The molecule has 2 heterocycles. The first-order chi connectivity index (χ1) is 26.0. The maximum absolute atomic E-state index is 12.7. The second kappa shape index (κ2) is 31.7. The van der Waals surface area contributed by atoms with Gasteiger partial charge in [0.1, 0.15) is 18.7 Å². The Morgan fingerprint density at radius 2 is 1.23 bits per heavy atom. The van der Waals surface area contributed by atoms with Gasteiger partial charge in [0.05, 0.1) is 6.10 Å². The molecule has 0 bridgehead atoms. The summed E-state index contributed by atoms with van der Waals surface area (Å²) in [4.78, 5) is 41.5. The Balaban J connectivity index is 1.49. The average Bonchev–Trinajstić information content (AvgIpc) is 3.62. The number of anilines is 1. The number of hydrogen-bond acceptors (Lipinski definition) is 6. The lowest BCUT2D eigenvalue weighted by molar-refractivity contribution is -0.148. The first-order valence-corrected chi connectivity index (χ1v) is 20.6. The van der Waals surface area contributed by atoms with Crippen molar-refractivity contribution in [3.63, 3.8) is 0 Å². The molecular weight excluding hydrogens is 663 g/mol. The van der Waals surface area contributed by atoms with Crippen LogP contribution in [0.15, 0.2) is 90.0 Å². The van der Waals surface area contributed by atoms with Crippen LogP contribution in [0.1, 0.15) is 161 Å². The molecule has 2 atom stereocenters. The highest BCUT2D eigenvalue weighted by molar-refractivity contribution is 5.89. The highest BCUT2D eigenvalue weighted by Gasteiger charge is 2.28. The van der Waals surface area contributed by atoms with Crippen LogP contribution in [0, 0.1) is 0 Å². The monoisotopic (exact) mass is 732 g/mol. The van der Waals surface area contributed by atoms with Gasteiger partial charge in [-0.15, -0.1) is 0 Å². The lowest BCUT2D eigenvalue weighted by atomic mass is 10.1. The average molecular weight is 732 g/mol. The lowest BCUT2D eigenvalue weighted by Crippen LogP contribution is -2.29. The van der Waals surface area contributed by atoms with Gasteiger partial charge < -0.3 is 14.8 Å². The third-order valence-corrected chi connectivity index (χ3v) is 9.01. The van der Waals surface area contributed by atoms with Crippen LogP contribution >= 0.6 is 0 Å². The molecule has 0 spiro atoms. The van der Waals surface area contributed by atoms with E-state index in [0.29, 0.717) is 25.7 Å². The number of amides is 1. The number of rotatable bonds is 30. The Kier molecular flexibility index (Phi) is 27.2. The van der Waals surface area contributed by atoms with Crippen molar-refractivity contribution in [1.29, 1.82) is 0 Å². The lowest BCUT2D eigenvalue weighted by Gasteiger charge is -2.16. The number of allylic oxidation sites excluding steroid dienone is 12. The van der Waals surface area contributed by atoms with E-state index in [2.05, 4.69) is 97.1 Å². The van der Waals surface area contributed by atoms with Crippen LogP contribution in [-0.2, 0) is 19.1 Å². The second-order valence-electron chi connectivity index (χ2n) is 13.7. The summed E-state index contributed by atoms with van der Waals surface area (Å²) in [5.74, 6) is -0.0752. The van der Waals surface area contributed by atoms with Crippen molar-refractivity contribution in [2.24, 2.45) is 0 Å². The summed E-state index contributed by atoms with van der Waals surface area (Å²) >= 11 is 0. The molecule has 0 saturated carbocycles. The van der Waals surface area contributed by atoms with Crippen LogP contribution < -0.4 is 11.0 Å². The third kappa shape index (κ3) is 24.2. The van der Waals surface area contributed by atoms with E-state index in [1.807, 2.05) is 0 Å². The Morgan fingerprint density at radius 1 is 0.717 bits per heavy atom. The van der Waals surface area contributed by atoms with E-state index >= 15 is 0 Å². The largest absolute Gasteiger partial charge is 0.463 e. The molecule has 0 aromatic carbocycles. The molecule has 2 unspecified atom stereocenters. The Morgan fingerprint density at radius 3 is 1.79 bits per heavy atom. The molecule has 1 amide bonds. The number of carbonyl (C=O) groups excluding carboxylic acids is 2. The van der Waals surface area contributed by atoms with Crippen LogP contribution in [0.4, 0.5) is 5.82 Å². The second-order valence-corrected chi connectivity index (χ2v) is 13.7. The maximum atomic E-state index is 12.7. The molecule has 53 heavy (non-hydrogen) atoms. The first-order valence-electron chi connectivity index (χ1n) is 20.6. The minimum absolute atomic E-state index is 0.131. The summed E-state index contributed by atoms with van der Waals surface area (Å²) in [5.41, 5.74) is -0.473. The molecule has 8 heteroatoms. The SMILES string of the molecule is CCC=CCC=CCC=CCCCCCCCC(=O)Nc1ccn(C2CCC(COC(=O)CCCCCCCC=CCC=CCC=CCC)O2)c(=O)n1. The molecule has 1 aliphatic heterocycles. The fourth-order valence-corrected chi connectivity index (χ4v) is 5.97. The molecule has 1 fully saturated rings. The molecular formula is C45H69N3O5. The molecule has 1 aromatic rings. The highest BCUT2D eigenvalue weighted by Crippen LogP contribution is 2.27. The van der Waals surface area contributed by atoms with Crippen molar-refractivity contribution in [2.45, 2.75) is 167 Å². The molecule has 1 aromatic heterocycles. The summed E-state index contributed by atoms with van der Waals surface area (Å²) < 4.78 is 12.9. The zero-order valence-electron chi connectivity index (χ0n) is 32.9. The van der Waals surface area contributed by atoms with E-state index in [0.717, 1.165) is 96.3 Å². The topological polar surface area (TPSA) is 99.5 Å². The molecule has 1 saturated heterocycles. The smallest absolute Gasteiger partial charge is 0.351 e.